The molecule has 0 atom stereocenters. The fourth-order valence-electron chi connectivity index (χ4n) is 4.85. The summed E-state index contributed by atoms with van der Waals surface area (Å²) in [5, 5.41) is 14.0. The van der Waals surface area contributed by atoms with Crippen molar-refractivity contribution in [2.24, 2.45) is 0 Å². The number of benzene rings is 3. The van der Waals surface area contributed by atoms with E-state index in [1.54, 1.807) is 10.8 Å². The normalized spacial score (nSPS) is 11.0. The van der Waals surface area contributed by atoms with Gasteiger partial charge < -0.3 is 9.84 Å². The van der Waals surface area contributed by atoms with Crippen LogP contribution in [0.3, 0.4) is 0 Å². The number of aryl methyl sites for hydroxylation is 2. The summed E-state index contributed by atoms with van der Waals surface area (Å²) in [4.78, 5) is 29.2. The van der Waals surface area contributed by atoms with E-state index in [1.807, 2.05) is 79.7 Å². The Morgan fingerprint density at radius 2 is 1.67 bits per heavy atom. The molecule has 0 aliphatic rings. The van der Waals surface area contributed by atoms with Crippen LogP contribution in [0.5, 0.6) is 5.75 Å². The quantitative estimate of drug-likeness (QED) is 0.125. The number of carbonyl (C=O) groups is 1. The van der Waals surface area contributed by atoms with Crippen LogP contribution < -0.4 is 10.4 Å². The van der Waals surface area contributed by atoms with E-state index >= 15 is 0 Å². The van der Waals surface area contributed by atoms with Crippen molar-refractivity contribution < 1.29 is 14.6 Å². The molecule has 8 nitrogen and oxygen atoms in total. The minimum atomic E-state index is -0.893. The summed E-state index contributed by atoms with van der Waals surface area (Å²) in [7, 11) is 0. The number of rotatable bonds is 12. The van der Waals surface area contributed by atoms with Gasteiger partial charge in [-0.05, 0) is 78.4 Å². The lowest BCUT2D eigenvalue weighted by Gasteiger charge is -2.11. The van der Waals surface area contributed by atoms with Gasteiger partial charge in [0.05, 0.1) is 18.7 Å². The zero-order valence-corrected chi connectivity index (χ0v) is 25.4. The molecular formula is C33H31IN4O4. The van der Waals surface area contributed by atoms with Crippen molar-refractivity contribution in [2.45, 2.75) is 37.0 Å². The number of pyridine rings is 1. The van der Waals surface area contributed by atoms with Gasteiger partial charge >= 0.3 is 11.7 Å². The molecule has 0 saturated heterocycles. The van der Waals surface area contributed by atoms with Gasteiger partial charge in [0.2, 0.25) is 0 Å². The zero-order chi connectivity index (χ0) is 29.5. The Morgan fingerprint density at radius 1 is 0.929 bits per heavy atom. The highest BCUT2D eigenvalue weighted by atomic mass is 127. The number of hydrogen-bond donors (Lipinski definition) is 1. The van der Waals surface area contributed by atoms with Crippen molar-refractivity contribution in [3.8, 4) is 28.4 Å². The van der Waals surface area contributed by atoms with E-state index in [-0.39, 0.29) is 12.1 Å². The molecule has 0 aliphatic carbocycles. The average molecular weight is 675 g/mol. The minimum absolute atomic E-state index is 0.0929. The molecule has 0 spiro atoms. The van der Waals surface area contributed by atoms with Gasteiger partial charge in [-0.3, -0.25) is 4.79 Å². The maximum absolute atomic E-state index is 13.5. The Balaban J connectivity index is 1.33. The molecular weight excluding hydrogens is 643 g/mol. The highest BCUT2D eigenvalue weighted by Crippen LogP contribution is 2.28. The second-order valence-electron chi connectivity index (χ2n) is 9.81. The molecule has 2 heterocycles. The van der Waals surface area contributed by atoms with E-state index in [0.29, 0.717) is 36.0 Å². The highest BCUT2D eigenvalue weighted by molar-refractivity contribution is 14.1. The standard InChI is InChI=1S/C33H31IN4O4/c1-2-42-29-18-15-26(20-27(29)21-32(39)40)25-13-9-23(10-14-25)6-5-8-31-36-38(28-16-11-24(22-34)12-17-28)33(41)37(31)30-7-3-4-19-35-30/h3-4,7,9-20H,2,5-6,8,21-22H2,1H3,(H,39,40). The van der Waals surface area contributed by atoms with Crippen LogP contribution in [0.15, 0.2) is 95.9 Å². The lowest BCUT2D eigenvalue weighted by atomic mass is 9.98. The van der Waals surface area contributed by atoms with Crippen LogP contribution in [-0.4, -0.2) is 37.0 Å². The average Bonchev–Trinajstić information content (AvgIpc) is 3.34. The molecule has 0 bridgehead atoms. The lowest BCUT2D eigenvalue weighted by Crippen LogP contribution is -2.24. The summed E-state index contributed by atoms with van der Waals surface area (Å²) in [6.45, 7) is 2.36. The zero-order valence-electron chi connectivity index (χ0n) is 23.2. The Hall–Kier alpha value is -4.25. The summed E-state index contributed by atoms with van der Waals surface area (Å²) in [5.74, 6) is 0.920. The predicted octanol–water partition coefficient (Wildman–Crippen LogP) is 6.22. The first-order valence-electron chi connectivity index (χ1n) is 13.8. The van der Waals surface area contributed by atoms with Crippen LogP contribution in [0.25, 0.3) is 22.6 Å². The third-order valence-electron chi connectivity index (χ3n) is 6.91. The number of nitrogens with zero attached hydrogens (tertiary/aromatic N) is 4. The van der Waals surface area contributed by atoms with Crippen LogP contribution in [0.4, 0.5) is 0 Å². The Morgan fingerprint density at radius 3 is 2.33 bits per heavy atom. The fraction of sp³-hybridized carbons (Fsp3) is 0.212. The Labute approximate surface area is 257 Å². The SMILES string of the molecule is CCOc1ccc(-c2ccc(CCCc3nn(-c4ccc(CI)cc4)c(=O)n3-c3ccccn3)cc2)cc1CC(=O)O. The Bertz CT molecular complexity index is 1710. The molecule has 0 amide bonds. The van der Waals surface area contributed by atoms with Crippen molar-refractivity contribution in [3.63, 3.8) is 0 Å². The first-order valence-corrected chi connectivity index (χ1v) is 15.3. The number of hydrogen-bond acceptors (Lipinski definition) is 5. The summed E-state index contributed by atoms with van der Waals surface area (Å²) in [6, 6.07) is 27.3. The molecule has 3 aromatic carbocycles. The first kappa shape index (κ1) is 29.2. The van der Waals surface area contributed by atoms with Crippen LogP contribution >= 0.6 is 22.6 Å². The van der Waals surface area contributed by atoms with Gasteiger partial charge in [-0.1, -0.05) is 71.1 Å². The van der Waals surface area contributed by atoms with Gasteiger partial charge in [0.1, 0.15) is 17.4 Å². The molecule has 0 aliphatic heterocycles. The fourth-order valence-corrected chi connectivity index (χ4v) is 5.36. The monoisotopic (exact) mass is 674 g/mol. The topological polar surface area (TPSA) is 99.2 Å². The molecule has 0 radical (unpaired) electrons. The second-order valence-corrected chi connectivity index (χ2v) is 10.6. The van der Waals surface area contributed by atoms with Gasteiger partial charge in [0, 0.05) is 22.6 Å². The van der Waals surface area contributed by atoms with Crippen LogP contribution in [-0.2, 0) is 28.5 Å². The molecule has 0 saturated carbocycles. The van der Waals surface area contributed by atoms with Gasteiger partial charge in [0.25, 0.3) is 0 Å². The number of alkyl halides is 1. The van der Waals surface area contributed by atoms with E-state index < -0.39 is 5.97 Å². The van der Waals surface area contributed by atoms with Gasteiger partial charge in [-0.2, -0.15) is 4.68 Å². The number of halogens is 1. The third kappa shape index (κ3) is 6.79. The van der Waals surface area contributed by atoms with Crippen molar-refractivity contribution in [1.82, 2.24) is 19.3 Å². The smallest absolute Gasteiger partial charge is 0.356 e. The maximum atomic E-state index is 13.5. The van der Waals surface area contributed by atoms with Gasteiger partial charge in [-0.25, -0.2) is 14.3 Å². The summed E-state index contributed by atoms with van der Waals surface area (Å²) in [5.41, 5.74) is 5.43. The molecule has 214 valence electrons. The van der Waals surface area contributed by atoms with Crippen LogP contribution in [0.2, 0.25) is 0 Å². The molecule has 9 heteroatoms. The van der Waals surface area contributed by atoms with Gasteiger partial charge in [0.15, 0.2) is 0 Å². The van der Waals surface area contributed by atoms with E-state index in [4.69, 9.17) is 9.84 Å². The highest BCUT2D eigenvalue weighted by Gasteiger charge is 2.17. The van der Waals surface area contributed by atoms with Gasteiger partial charge in [-0.15, -0.1) is 5.10 Å². The summed E-state index contributed by atoms with van der Waals surface area (Å²) >= 11 is 2.32. The van der Waals surface area contributed by atoms with E-state index in [1.165, 1.54) is 10.2 Å². The van der Waals surface area contributed by atoms with E-state index in [2.05, 4.69) is 39.7 Å². The molecule has 5 rings (SSSR count). The van der Waals surface area contributed by atoms with Crippen LogP contribution in [0, 0.1) is 0 Å². The third-order valence-corrected chi connectivity index (χ3v) is 7.80. The molecule has 5 aromatic rings. The molecule has 2 aromatic heterocycles. The Kier molecular flexibility index (Phi) is 9.48. The van der Waals surface area contributed by atoms with E-state index in [9.17, 15) is 14.7 Å². The maximum Gasteiger partial charge on any atom is 0.356 e. The number of aliphatic carboxylic acids is 1. The number of carboxylic acids is 1. The number of aromatic nitrogens is 4. The predicted molar refractivity (Wildman–Crippen MR) is 171 cm³/mol. The molecule has 42 heavy (non-hydrogen) atoms. The molecule has 0 unspecified atom stereocenters. The summed E-state index contributed by atoms with van der Waals surface area (Å²) in [6.07, 6.45) is 3.78. The second kappa shape index (κ2) is 13.6. The molecule has 0 fully saturated rings. The van der Waals surface area contributed by atoms with Crippen molar-refractivity contribution in [2.75, 3.05) is 6.61 Å². The largest absolute Gasteiger partial charge is 0.494 e. The van der Waals surface area contributed by atoms with Crippen molar-refractivity contribution in [3.05, 3.63) is 124 Å². The van der Waals surface area contributed by atoms with E-state index in [0.717, 1.165) is 39.6 Å². The number of carboxylic acid groups (broad SMARTS) is 1. The molecule has 1 N–H and O–H groups in total. The number of ether oxygens (including phenoxy) is 1. The van der Waals surface area contributed by atoms with Crippen LogP contribution in [0.1, 0.15) is 35.9 Å². The minimum Gasteiger partial charge on any atom is -0.494 e. The van der Waals surface area contributed by atoms with Crippen molar-refractivity contribution >= 4 is 28.6 Å². The first-order chi connectivity index (χ1) is 20.5. The summed E-state index contributed by atoms with van der Waals surface area (Å²) < 4.78 is 9.55. The van der Waals surface area contributed by atoms with Crippen molar-refractivity contribution in [1.29, 1.82) is 0 Å². The lowest BCUT2D eigenvalue weighted by molar-refractivity contribution is -0.136.